The van der Waals surface area contributed by atoms with Crippen LogP contribution in [0.25, 0.3) is 33.3 Å². The fourth-order valence-electron chi connectivity index (χ4n) is 3.31. The lowest BCUT2D eigenvalue weighted by Gasteiger charge is -2.18. The van der Waals surface area contributed by atoms with Crippen LogP contribution in [0.4, 0.5) is 8.78 Å². The van der Waals surface area contributed by atoms with Gasteiger partial charge < -0.3 is 0 Å². The Labute approximate surface area is 163 Å². The number of rotatable bonds is 3. The number of hydrogen-bond acceptors (Lipinski definition) is 2. The minimum absolute atomic E-state index is 0.373. The Morgan fingerprint density at radius 3 is 2.04 bits per heavy atom. The second-order valence-electron chi connectivity index (χ2n) is 7.90. The van der Waals surface area contributed by atoms with Crippen LogP contribution in [0.2, 0.25) is 19.6 Å². The molecule has 0 N–H and O–H groups in total. The topological polar surface area (TPSA) is 25.8 Å². The van der Waals surface area contributed by atoms with Crippen LogP contribution < -0.4 is 5.19 Å². The Morgan fingerprint density at radius 1 is 0.714 bits per heavy atom. The largest absolute Gasteiger partial charge is 0.248 e. The van der Waals surface area contributed by atoms with E-state index in [0.29, 0.717) is 11.3 Å². The zero-order chi connectivity index (χ0) is 19.9. The van der Waals surface area contributed by atoms with E-state index >= 15 is 0 Å². The van der Waals surface area contributed by atoms with Crippen LogP contribution >= 0.6 is 0 Å². The lowest BCUT2D eigenvalue weighted by Crippen LogP contribution is -2.37. The predicted octanol–water partition coefficient (Wildman–Crippen LogP) is 5.79. The highest BCUT2D eigenvalue weighted by Crippen LogP contribution is 2.32. The summed E-state index contributed by atoms with van der Waals surface area (Å²) in [6.07, 6.45) is 0. The molecule has 0 saturated carbocycles. The minimum atomic E-state index is -1.50. The third kappa shape index (κ3) is 3.58. The number of fused-ring (bicyclic) bond motifs is 1. The van der Waals surface area contributed by atoms with Crippen LogP contribution in [0.3, 0.4) is 0 Å². The van der Waals surface area contributed by atoms with Crippen molar-refractivity contribution < 1.29 is 8.78 Å². The Kier molecular flexibility index (Phi) is 4.55. The normalized spacial score (nSPS) is 11.8. The van der Waals surface area contributed by atoms with Crippen molar-refractivity contribution in [2.45, 2.75) is 19.6 Å². The van der Waals surface area contributed by atoms with E-state index in [2.05, 4.69) is 36.8 Å². The molecular weight excluding hydrogens is 370 g/mol. The third-order valence-corrected chi connectivity index (χ3v) is 6.86. The number of benzene rings is 2. The highest BCUT2D eigenvalue weighted by atomic mass is 28.3. The molecule has 0 spiro atoms. The van der Waals surface area contributed by atoms with Gasteiger partial charge in [-0.3, -0.25) is 0 Å². The summed E-state index contributed by atoms with van der Waals surface area (Å²) in [5, 5.41) is 2.39. The second kappa shape index (κ2) is 6.91. The first kappa shape index (κ1) is 18.4. The van der Waals surface area contributed by atoms with E-state index in [4.69, 9.17) is 4.98 Å². The van der Waals surface area contributed by atoms with E-state index in [1.165, 1.54) is 17.3 Å². The Morgan fingerprint density at radius 2 is 1.39 bits per heavy atom. The smallest absolute Gasteiger partial charge is 0.216 e. The van der Waals surface area contributed by atoms with Gasteiger partial charge in [0.15, 0.2) is 0 Å². The first-order valence-corrected chi connectivity index (χ1v) is 12.7. The highest BCUT2D eigenvalue weighted by molar-refractivity contribution is 6.88. The van der Waals surface area contributed by atoms with Crippen LogP contribution in [0, 0.1) is 11.9 Å². The lowest BCUT2D eigenvalue weighted by molar-refractivity contribution is 0.513. The summed E-state index contributed by atoms with van der Waals surface area (Å²) in [5.74, 6) is -1.71. The molecule has 0 saturated heterocycles. The number of halogens is 2. The van der Waals surface area contributed by atoms with Gasteiger partial charge in [-0.05, 0) is 23.3 Å². The number of nitrogens with zero attached hydrogens (tertiary/aromatic N) is 2. The number of hydrogen-bond donors (Lipinski definition) is 0. The maximum absolute atomic E-state index is 13.7. The summed E-state index contributed by atoms with van der Waals surface area (Å²) in [6.45, 7) is 6.92. The molecule has 0 radical (unpaired) electrons. The molecule has 5 heteroatoms. The molecule has 140 valence electrons. The molecule has 0 amide bonds. The van der Waals surface area contributed by atoms with E-state index < -0.39 is 20.0 Å². The van der Waals surface area contributed by atoms with Crippen molar-refractivity contribution in [2.24, 2.45) is 0 Å². The van der Waals surface area contributed by atoms with Crippen molar-refractivity contribution in [2.75, 3.05) is 0 Å². The Bertz CT molecular complexity index is 1150. The van der Waals surface area contributed by atoms with Crippen molar-refractivity contribution >= 4 is 24.2 Å². The van der Waals surface area contributed by atoms with Gasteiger partial charge in [-0.1, -0.05) is 67.3 Å². The first-order valence-electron chi connectivity index (χ1n) is 9.15. The fourth-order valence-corrected chi connectivity index (χ4v) is 4.47. The Hall–Kier alpha value is -2.92. The molecule has 0 aliphatic carbocycles. The second-order valence-corrected chi connectivity index (χ2v) is 13.0. The molecule has 2 heterocycles. The zero-order valence-corrected chi connectivity index (χ0v) is 17.0. The Balaban J connectivity index is 2.02. The van der Waals surface area contributed by atoms with Crippen molar-refractivity contribution in [3.05, 3.63) is 78.6 Å². The zero-order valence-electron chi connectivity index (χ0n) is 16.0. The van der Waals surface area contributed by atoms with Gasteiger partial charge >= 0.3 is 0 Å². The van der Waals surface area contributed by atoms with Gasteiger partial charge in [0, 0.05) is 23.1 Å². The molecule has 0 fully saturated rings. The van der Waals surface area contributed by atoms with E-state index in [9.17, 15) is 8.78 Å². The molecule has 2 aromatic carbocycles. The standard InChI is InChI=1S/C23H20F2N2Si/c1-28(2,3)17-9-10-20-19(13-17)18(15-7-5-4-6-8-15)14-21(26-20)16-11-22(24)27-23(25)12-16/h4-14H,1-3H3. The summed E-state index contributed by atoms with van der Waals surface area (Å²) in [6, 6.07) is 20.7. The molecule has 0 aliphatic rings. The molecule has 2 aromatic heterocycles. The molecular formula is C23H20F2N2Si. The fraction of sp³-hybridized carbons (Fsp3) is 0.130. The van der Waals surface area contributed by atoms with Gasteiger partial charge in [-0.25, -0.2) is 4.98 Å². The molecule has 0 atom stereocenters. The van der Waals surface area contributed by atoms with Crippen molar-refractivity contribution in [3.63, 3.8) is 0 Å². The molecule has 28 heavy (non-hydrogen) atoms. The van der Waals surface area contributed by atoms with Crippen LogP contribution in [-0.2, 0) is 0 Å². The summed E-state index contributed by atoms with van der Waals surface area (Å²) < 4.78 is 27.3. The molecule has 2 nitrogen and oxygen atoms in total. The molecule has 0 unspecified atom stereocenters. The average molecular weight is 391 g/mol. The van der Waals surface area contributed by atoms with Crippen LogP contribution in [0.1, 0.15) is 0 Å². The number of aromatic nitrogens is 2. The molecule has 4 rings (SSSR count). The van der Waals surface area contributed by atoms with Gasteiger partial charge in [0.05, 0.1) is 19.3 Å². The summed E-state index contributed by atoms with van der Waals surface area (Å²) >= 11 is 0. The molecule has 0 aliphatic heterocycles. The van der Waals surface area contributed by atoms with Gasteiger partial charge in [0.1, 0.15) is 0 Å². The maximum Gasteiger partial charge on any atom is 0.216 e. The lowest BCUT2D eigenvalue weighted by atomic mass is 9.98. The quantitative estimate of drug-likeness (QED) is 0.327. The third-order valence-electron chi connectivity index (χ3n) is 4.82. The molecule has 0 bridgehead atoms. The van der Waals surface area contributed by atoms with Gasteiger partial charge in [0.25, 0.3) is 0 Å². The van der Waals surface area contributed by atoms with Crippen LogP contribution in [0.5, 0.6) is 0 Å². The van der Waals surface area contributed by atoms with Gasteiger partial charge in [-0.2, -0.15) is 13.8 Å². The highest BCUT2D eigenvalue weighted by Gasteiger charge is 2.18. The molecule has 4 aromatic rings. The number of pyridine rings is 2. The average Bonchev–Trinajstić information content (AvgIpc) is 2.66. The van der Waals surface area contributed by atoms with E-state index in [1.54, 1.807) is 0 Å². The van der Waals surface area contributed by atoms with Crippen molar-refractivity contribution in [1.29, 1.82) is 0 Å². The first-order chi connectivity index (χ1) is 13.3. The minimum Gasteiger partial charge on any atom is -0.248 e. The van der Waals surface area contributed by atoms with Gasteiger partial charge in [0.2, 0.25) is 11.9 Å². The predicted molar refractivity (Wildman–Crippen MR) is 113 cm³/mol. The van der Waals surface area contributed by atoms with Crippen molar-refractivity contribution in [3.8, 4) is 22.4 Å². The van der Waals surface area contributed by atoms with E-state index in [0.717, 1.165) is 22.0 Å². The SMILES string of the molecule is C[Si](C)(C)c1ccc2nc(-c3cc(F)nc(F)c3)cc(-c3ccccc3)c2c1. The summed E-state index contributed by atoms with van der Waals surface area (Å²) in [5.41, 5.74) is 3.74. The summed E-state index contributed by atoms with van der Waals surface area (Å²) in [7, 11) is -1.50. The summed E-state index contributed by atoms with van der Waals surface area (Å²) in [4.78, 5) is 7.88. The van der Waals surface area contributed by atoms with Gasteiger partial charge in [-0.15, -0.1) is 0 Å². The maximum atomic E-state index is 13.7. The van der Waals surface area contributed by atoms with Crippen LogP contribution in [0.15, 0.2) is 66.7 Å². The monoisotopic (exact) mass is 390 g/mol. The van der Waals surface area contributed by atoms with E-state index in [1.807, 2.05) is 42.5 Å². The van der Waals surface area contributed by atoms with E-state index in [-0.39, 0.29) is 0 Å². The van der Waals surface area contributed by atoms with Crippen molar-refractivity contribution in [1.82, 2.24) is 9.97 Å². The van der Waals surface area contributed by atoms with Crippen LogP contribution in [-0.4, -0.2) is 18.0 Å².